The maximum atomic E-state index is 6.77. The highest BCUT2D eigenvalue weighted by Gasteiger charge is 2.23. The van der Waals surface area contributed by atoms with Crippen LogP contribution in [0, 0.1) is 0 Å². The molecule has 10 aromatic rings. The summed E-state index contributed by atoms with van der Waals surface area (Å²) >= 11 is 0. The van der Waals surface area contributed by atoms with Gasteiger partial charge in [0.15, 0.2) is 0 Å². The van der Waals surface area contributed by atoms with Gasteiger partial charge in [-0.25, -0.2) is 0 Å². The minimum Gasteiger partial charge on any atom is -0.455 e. The number of benzene rings is 9. The number of anilines is 3. The highest BCUT2D eigenvalue weighted by molar-refractivity contribution is 6.17. The summed E-state index contributed by atoms with van der Waals surface area (Å²) in [6.07, 6.45) is 0. The highest BCUT2D eigenvalue weighted by atomic mass is 16.3. The van der Waals surface area contributed by atoms with E-state index in [1.54, 1.807) is 0 Å². The Kier molecular flexibility index (Phi) is 7.85. The topological polar surface area (TPSA) is 16.4 Å². The Labute approximate surface area is 314 Å². The lowest BCUT2D eigenvalue weighted by Gasteiger charge is -2.28. The van der Waals surface area contributed by atoms with Crippen molar-refractivity contribution in [3.05, 3.63) is 212 Å². The van der Waals surface area contributed by atoms with E-state index in [9.17, 15) is 0 Å². The Morgan fingerprint density at radius 1 is 0.333 bits per heavy atom. The number of fused-ring (bicyclic) bond motifs is 4. The lowest BCUT2D eigenvalue weighted by Crippen LogP contribution is -2.11. The molecule has 0 radical (unpaired) electrons. The molecule has 2 nitrogen and oxygen atoms in total. The van der Waals surface area contributed by atoms with Gasteiger partial charge in [-0.15, -0.1) is 0 Å². The molecule has 9 aromatic carbocycles. The van der Waals surface area contributed by atoms with Crippen molar-refractivity contribution in [2.75, 3.05) is 4.90 Å². The fourth-order valence-electron chi connectivity index (χ4n) is 7.88. The van der Waals surface area contributed by atoms with Crippen molar-refractivity contribution in [3.8, 4) is 44.5 Å². The third kappa shape index (κ3) is 5.62. The molecule has 1 aromatic heterocycles. The first-order chi connectivity index (χ1) is 26.8. The fourth-order valence-corrected chi connectivity index (χ4v) is 7.88. The van der Waals surface area contributed by atoms with E-state index in [1.807, 2.05) is 6.07 Å². The van der Waals surface area contributed by atoms with Crippen LogP contribution in [0.15, 0.2) is 217 Å². The first-order valence-corrected chi connectivity index (χ1v) is 18.4. The Hall–Kier alpha value is -7.16. The third-order valence-electron chi connectivity index (χ3n) is 10.4. The molecule has 54 heavy (non-hydrogen) atoms. The molecule has 0 fully saturated rings. The summed E-state index contributed by atoms with van der Waals surface area (Å²) in [5.74, 6) is 0. The maximum Gasteiger partial charge on any atom is 0.145 e. The largest absolute Gasteiger partial charge is 0.455 e. The summed E-state index contributed by atoms with van der Waals surface area (Å²) in [6, 6.07) is 75.8. The van der Waals surface area contributed by atoms with Crippen LogP contribution < -0.4 is 4.90 Å². The maximum absolute atomic E-state index is 6.77. The number of furan rings is 1. The highest BCUT2D eigenvalue weighted by Crippen LogP contribution is 2.47. The quantitative estimate of drug-likeness (QED) is 0.166. The Morgan fingerprint density at radius 2 is 0.889 bits per heavy atom. The second-order valence-corrected chi connectivity index (χ2v) is 13.7. The van der Waals surface area contributed by atoms with Crippen molar-refractivity contribution >= 4 is 49.8 Å². The van der Waals surface area contributed by atoms with Crippen LogP contribution in [0.1, 0.15) is 0 Å². The minimum atomic E-state index is 0.868. The summed E-state index contributed by atoms with van der Waals surface area (Å²) < 4.78 is 6.77. The molecule has 0 bridgehead atoms. The van der Waals surface area contributed by atoms with E-state index in [0.717, 1.165) is 61.3 Å². The van der Waals surface area contributed by atoms with Crippen molar-refractivity contribution in [3.63, 3.8) is 0 Å². The van der Waals surface area contributed by atoms with E-state index in [1.165, 1.54) is 33.0 Å². The van der Waals surface area contributed by atoms with E-state index in [-0.39, 0.29) is 0 Å². The molecular weight excluding hydrogens is 655 g/mol. The predicted molar refractivity (Wildman–Crippen MR) is 228 cm³/mol. The first-order valence-electron chi connectivity index (χ1n) is 18.4. The van der Waals surface area contributed by atoms with Crippen LogP contribution in [-0.2, 0) is 0 Å². The molecule has 0 amide bonds. The molecule has 0 saturated carbocycles. The van der Waals surface area contributed by atoms with Gasteiger partial charge in [-0.2, -0.15) is 0 Å². The number of nitrogens with zero attached hydrogens (tertiary/aromatic N) is 1. The molecule has 0 aliphatic rings. The van der Waals surface area contributed by atoms with Gasteiger partial charge >= 0.3 is 0 Å². The van der Waals surface area contributed by atoms with Gasteiger partial charge in [0.2, 0.25) is 0 Å². The van der Waals surface area contributed by atoms with Crippen LogP contribution in [0.2, 0.25) is 0 Å². The lowest BCUT2D eigenvalue weighted by atomic mass is 9.94. The average Bonchev–Trinajstić information content (AvgIpc) is 3.65. The van der Waals surface area contributed by atoms with Crippen LogP contribution in [0.4, 0.5) is 17.1 Å². The summed E-state index contributed by atoms with van der Waals surface area (Å²) in [7, 11) is 0. The second-order valence-electron chi connectivity index (χ2n) is 13.7. The lowest BCUT2D eigenvalue weighted by molar-refractivity contribution is 0.670. The molecule has 0 unspecified atom stereocenters. The molecule has 0 aliphatic heterocycles. The summed E-state index contributed by atoms with van der Waals surface area (Å²) in [4.78, 5) is 2.40. The molecule has 254 valence electrons. The van der Waals surface area contributed by atoms with Crippen LogP contribution in [-0.4, -0.2) is 0 Å². The molecule has 1 heterocycles. The van der Waals surface area contributed by atoms with E-state index < -0.39 is 0 Å². The summed E-state index contributed by atoms with van der Waals surface area (Å²) in [5.41, 5.74) is 14.2. The van der Waals surface area contributed by atoms with Crippen LogP contribution >= 0.6 is 0 Å². The van der Waals surface area contributed by atoms with E-state index >= 15 is 0 Å². The van der Waals surface area contributed by atoms with Gasteiger partial charge in [0, 0.05) is 22.3 Å². The second kappa shape index (κ2) is 13.4. The Morgan fingerprint density at radius 3 is 1.65 bits per heavy atom. The summed E-state index contributed by atoms with van der Waals surface area (Å²) in [5, 5.41) is 4.63. The van der Waals surface area contributed by atoms with E-state index in [2.05, 4.69) is 211 Å². The van der Waals surface area contributed by atoms with Gasteiger partial charge in [0.25, 0.3) is 0 Å². The monoisotopic (exact) mass is 689 g/mol. The van der Waals surface area contributed by atoms with Gasteiger partial charge in [-0.3, -0.25) is 0 Å². The third-order valence-corrected chi connectivity index (χ3v) is 10.4. The molecule has 0 N–H and O–H groups in total. The van der Waals surface area contributed by atoms with Crippen LogP contribution in [0.5, 0.6) is 0 Å². The SMILES string of the molecule is c1ccc(-c2ccccc2-c2cccc(N(c3cccc(-c4ccc5ccccc5c4)c3)c3ccc(-c4ccccc4)c4oc5ccccc5c34)c2)cc1. The zero-order chi connectivity index (χ0) is 35.8. The normalized spacial score (nSPS) is 11.3. The van der Waals surface area contributed by atoms with Gasteiger partial charge < -0.3 is 9.32 Å². The van der Waals surface area contributed by atoms with Crippen LogP contribution in [0.3, 0.4) is 0 Å². The molecule has 0 saturated heterocycles. The molecule has 10 rings (SSSR count). The standard InChI is InChI=1S/C52H35NO/c1-3-16-37(17-4-1)45-25-9-10-26-46(45)42-22-14-24-44(35-42)53(43-23-13-21-40(34-43)41-30-29-36-15-7-8-20-39(36)33-41)49-32-31-47(38-18-5-2-6-19-38)52-51(49)48-27-11-12-28-50(48)54-52/h1-35H. The van der Waals surface area contributed by atoms with Gasteiger partial charge in [-0.05, 0) is 98.2 Å². The van der Waals surface area contributed by atoms with Crippen molar-refractivity contribution < 1.29 is 4.42 Å². The van der Waals surface area contributed by atoms with Gasteiger partial charge in [0.1, 0.15) is 11.2 Å². The van der Waals surface area contributed by atoms with Crippen molar-refractivity contribution in [1.29, 1.82) is 0 Å². The molecule has 0 spiro atoms. The fraction of sp³-hybridized carbons (Fsp3) is 0. The molecule has 0 atom stereocenters. The molecular formula is C52H35NO. The van der Waals surface area contributed by atoms with Gasteiger partial charge in [-0.1, -0.05) is 164 Å². The zero-order valence-corrected chi connectivity index (χ0v) is 29.6. The smallest absolute Gasteiger partial charge is 0.145 e. The predicted octanol–water partition coefficient (Wildman–Crippen LogP) is 14.9. The summed E-state index contributed by atoms with van der Waals surface area (Å²) in [6.45, 7) is 0. The zero-order valence-electron chi connectivity index (χ0n) is 29.6. The Balaban J connectivity index is 1.22. The number of hydrogen-bond donors (Lipinski definition) is 0. The van der Waals surface area contributed by atoms with E-state index in [4.69, 9.17) is 4.42 Å². The van der Waals surface area contributed by atoms with E-state index in [0.29, 0.717) is 0 Å². The van der Waals surface area contributed by atoms with Crippen molar-refractivity contribution in [2.24, 2.45) is 0 Å². The average molecular weight is 690 g/mol. The van der Waals surface area contributed by atoms with Crippen molar-refractivity contribution in [2.45, 2.75) is 0 Å². The minimum absolute atomic E-state index is 0.868. The number of hydrogen-bond acceptors (Lipinski definition) is 2. The molecule has 2 heteroatoms. The number of para-hydroxylation sites is 1. The first kappa shape index (κ1) is 31.6. The van der Waals surface area contributed by atoms with Crippen LogP contribution in [0.25, 0.3) is 77.2 Å². The van der Waals surface area contributed by atoms with Crippen molar-refractivity contribution in [1.82, 2.24) is 0 Å². The Bertz CT molecular complexity index is 2940. The van der Waals surface area contributed by atoms with Gasteiger partial charge in [0.05, 0.1) is 11.1 Å². The molecule has 0 aliphatic carbocycles. The number of rotatable bonds is 7.